The van der Waals surface area contributed by atoms with E-state index in [1.54, 1.807) is 12.1 Å². The fourth-order valence-electron chi connectivity index (χ4n) is 2.22. The highest BCUT2D eigenvalue weighted by atomic mass is 35.5. The van der Waals surface area contributed by atoms with Crippen LogP contribution >= 0.6 is 11.6 Å². The van der Waals surface area contributed by atoms with E-state index in [1.807, 2.05) is 6.92 Å². The van der Waals surface area contributed by atoms with Gasteiger partial charge in [-0.05, 0) is 42.0 Å². The standard InChI is InChI=1S/C15H17ClFN3/c1-9-12(14(18)20-19-13(9)16)8-15(2,3)10-4-6-11(17)7-5-10/h4-7H,8H2,1-3H3,(H2,18,20). The first-order chi connectivity index (χ1) is 9.31. The van der Waals surface area contributed by atoms with Crippen LogP contribution in [-0.4, -0.2) is 10.2 Å². The molecule has 0 aliphatic carbocycles. The van der Waals surface area contributed by atoms with Gasteiger partial charge in [-0.3, -0.25) is 0 Å². The highest BCUT2D eigenvalue weighted by Gasteiger charge is 2.24. The number of anilines is 1. The number of nitrogens with two attached hydrogens (primary N) is 1. The van der Waals surface area contributed by atoms with E-state index in [-0.39, 0.29) is 11.2 Å². The molecular formula is C15H17ClFN3. The monoisotopic (exact) mass is 293 g/mol. The Morgan fingerprint density at radius 2 is 1.80 bits per heavy atom. The summed E-state index contributed by atoms with van der Waals surface area (Å²) in [4.78, 5) is 0. The number of hydrogen-bond donors (Lipinski definition) is 1. The van der Waals surface area contributed by atoms with Crippen LogP contribution in [0.5, 0.6) is 0 Å². The molecule has 0 bridgehead atoms. The third-order valence-electron chi connectivity index (χ3n) is 3.56. The fraction of sp³-hybridized carbons (Fsp3) is 0.333. The molecule has 0 fully saturated rings. The molecule has 106 valence electrons. The molecule has 0 saturated carbocycles. The van der Waals surface area contributed by atoms with Crippen LogP contribution < -0.4 is 5.73 Å². The Hall–Kier alpha value is -1.68. The Morgan fingerprint density at radius 1 is 1.20 bits per heavy atom. The van der Waals surface area contributed by atoms with Gasteiger partial charge >= 0.3 is 0 Å². The van der Waals surface area contributed by atoms with E-state index in [9.17, 15) is 4.39 Å². The van der Waals surface area contributed by atoms with Gasteiger partial charge in [-0.1, -0.05) is 37.6 Å². The zero-order valence-corrected chi connectivity index (χ0v) is 12.5. The van der Waals surface area contributed by atoms with Gasteiger partial charge in [-0.25, -0.2) is 4.39 Å². The van der Waals surface area contributed by atoms with Crippen molar-refractivity contribution in [2.75, 3.05) is 5.73 Å². The Bertz CT molecular complexity index is 624. The topological polar surface area (TPSA) is 51.8 Å². The van der Waals surface area contributed by atoms with Gasteiger partial charge < -0.3 is 5.73 Å². The van der Waals surface area contributed by atoms with Crippen LogP contribution in [0.1, 0.15) is 30.5 Å². The smallest absolute Gasteiger partial charge is 0.155 e. The van der Waals surface area contributed by atoms with Crippen molar-refractivity contribution in [3.8, 4) is 0 Å². The summed E-state index contributed by atoms with van der Waals surface area (Å²) in [5.41, 5.74) is 8.46. The molecule has 5 heteroatoms. The highest BCUT2D eigenvalue weighted by Crippen LogP contribution is 2.32. The summed E-state index contributed by atoms with van der Waals surface area (Å²) >= 11 is 6.00. The molecule has 0 spiro atoms. The maximum atomic E-state index is 13.0. The second-order valence-corrected chi connectivity index (χ2v) is 5.91. The molecule has 0 radical (unpaired) electrons. The number of nitrogen functional groups attached to an aromatic ring is 1. The van der Waals surface area contributed by atoms with Crippen molar-refractivity contribution in [1.82, 2.24) is 10.2 Å². The Kier molecular flexibility index (Phi) is 3.95. The average Bonchev–Trinajstić information content (AvgIpc) is 2.40. The molecule has 0 atom stereocenters. The molecule has 2 N–H and O–H groups in total. The van der Waals surface area contributed by atoms with Gasteiger partial charge in [0.25, 0.3) is 0 Å². The van der Waals surface area contributed by atoms with E-state index in [1.165, 1.54) is 12.1 Å². The summed E-state index contributed by atoms with van der Waals surface area (Å²) in [5, 5.41) is 8.03. The highest BCUT2D eigenvalue weighted by molar-refractivity contribution is 6.30. The largest absolute Gasteiger partial charge is 0.382 e. The number of hydrogen-bond acceptors (Lipinski definition) is 3. The molecule has 2 aromatic rings. The van der Waals surface area contributed by atoms with Gasteiger partial charge in [0.15, 0.2) is 5.15 Å². The summed E-state index contributed by atoms with van der Waals surface area (Å²) in [6, 6.07) is 6.50. The van der Waals surface area contributed by atoms with Crippen LogP contribution in [0.15, 0.2) is 24.3 Å². The van der Waals surface area contributed by atoms with E-state index >= 15 is 0 Å². The van der Waals surface area contributed by atoms with Crippen LogP contribution in [0, 0.1) is 12.7 Å². The number of nitrogens with zero attached hydrogens (tertiary/aromatic N) is 2. The maximum absolute atomic E-state index is 13.0. The number of rotatable bonds is 3. The molecule has 1 aromatic carbocycles. The third-order valence-corrected chi connectivity index (χ3v) is 3.92. The lowest BCUT2D eigenvalue weighted by Gasteiger charge is -2.26. The van der Waals surface area contributed by atoms with Crippen LogP contribution in [0.3, 0.4) is 0 Å². The van der Waals surface area contributed by atoms with Crippen molar-refractivity contribution in [3.63, 3.8) is 0 Å². The molecule has 1 heterocycles. The number of aromatic nitrogens is 2. The van der Waals surface area contributed by atoms with Gasteiger partial charge in [0.05, 0.1) is 0 Å². The molecule has 0 aliphatic rings. The lowest BCUT2D eigenvalue weighted by molar-refractivity contribution is 0.518. The van der Waals surface area contributed by atoms with Gasteiger partial charge in [-0.2, -0.15) is 0 Å². The Balaban J connectivity index is 2.38. The molecule has 20 heavy (non-hydrogen) atoms. The van der Waals surface area contributed by atoms with Crippen molar-refractivity contribution < 1.29 is 4.39 Å². The average molecular weight is 294 g/mol. The van der Waals surface area contributed by atoms with E-state index in [2.05, 4.69) is 24.0 Å². The van der Waals surface area contributed by atoms with Crippen molar-refractivity contribution in [2.45, 2.75) is 32.6 Å². The summed E-state index contributed by atoms with van der Waals surface area (Å²) in [5.74, 6) is 0.149. The van der Waals surface area contributed by atoms with Crippen molar-refractivity contribution >= 4 is 17.4 Å². The van der Waals surface area contributed by atoms with E-state index in [0.717, 1.165) is 16.7 Å². The molecule has 3 nitrogen and oxygen atoms in total. The molecular weight excluding hydrogens is 277 g/mol. The van der Waals surface area contributed by atoms with E-state index in [0.29, 0.717) is 17.4 Å². The Morgan fingerprint density at radius 3 is 2.40 bits per heavy atom. The van der Waals surface area contributed by atoms with Gasteiger partial charge in [-0.15, -0.1) is 10.2 Å². The normalized spacial score (nSPS) is 11.7. The quantitative estimate of drug-likeness (QED) is 0.939. The summed E-state index contributed by atoms with van der Waals surface area (Å²) in [6.07, 6.45) is 0.658. The predicted octanol–water partition coefficient (Wildman–Crippen LogP) is 3.68. The van der Waals surface area contributed by atoms with Crippen LogP contribution in [-0.2, 0) is 11.8 Å². The summed E-state index contributed by atoms with van der Waals surface area (Å²) in [7, 11) is 0. The Labute approximate surface area is 123 Å². The number of benzene rings is 1. The molecule has 0 unspecified atom stereocenters. The first kappa shape index (κ1) is 14.7. The van der Waals surface area contributed by atoms with Gasteiger partial charge in [0.2, 0.25) is 0 Å². The summed E-state index contributed by atoms with van der Waals surface area (Å²) < 4.78 is 13.0. The molecule has 2 rings (SSSR count). The van der Waals surface area contributed by atoms with Crippen LogP contribution in [0.2, 0.25) is 5.15 Å². The van der Waals surface area contributed by atoms with Crippen molar-refractivity contribution in [3.05, 3.63) is 51.9 Å². The summed E-state index contributed by atoms with van der Waals surface area (Å²) in [6.45, 7) is 6.03. The SMILES string of the molecule is Cc1c(Cl)nnc(N)c1CC(C)(C)c1ccc(F)cc1. The first-order valence-corrected chi connectivity index (χ1v) is 6.72. The lowest BCUT2D eigenvalue weighted by Crippen LogP contribution is -2.22. The van der Waals surface area contributed by atoms with Crippen LogP contribution in [0.25, 0.3) is 0 Å². The minimum absolute atomic E-state index is 0.209. The molecule has 0 saturated heterocycles. The van der Waals surface area contributed by atoms with Crippen molar-refractivity contribution in [2.24, 2.45) is 0 Å². The van der Waals surface area contributed by atoms with Crippen molar-refractivity contribution in [1.29, 1.82) is 0 Å². The minimum Gasteiger partial charge on any atom is -0.382 e. The fourth-order valence-corrected chi connectivity index (χ4v) is 2.37. The first-order valence-electron chi connectivity index (χ1n) is 6.34. The third kappa shape index (κ3) is 2.90. The predicted molar refractivity (Wildman–Crippen MR) is 79.3 cm³/mol. The van der Waals surface area contributed by atoms with E-state index < -0.39 is 0 Å². The van der Waals surface area contributed by atoms with Gasteiger partial charge in [0, 0.05) is 5.56 Å². The second-order valence-electron chi connectivity index (χ2n) is 5.55. The molecule has 0 aliphatic heterocycles. The zero-order chi connectivity index (χ0) is 14.9. The van der Waals surface area contributed by atoms with Gasteiger partial charge in [0.1, 0.15) is 11.6 Å². The zero-order valence-electron chi connectivity index (χ0n) is 11.7. The van der Waals surface area contributed by atoms with E-state index in [4.69, 9.17) is 17.3 Å². The number of halogens is 2. The molecule has 0 amide bonds. The molecule has 1 aromatic heterocycles. The maximum Gasteiger partial charge on any atom is 0.155 e. The second kappa shape index (κ2) is 5.37. The lowest BCUT2D eigenvalue weighted by atomic mass is 9.78. The minimum atomic E-state index is -0.242. The van der Waals surface area contributed by atoms with Crippen LogP contribution in [0.4, 0.5) is 10.2 Å².